The molecule has 1 heterocycles. The molecule has 8 rings (SSSR count). The lowest BCUT2D eigenvalue weighted by Crippen LogP contribution is -2.24. The molecule has 0 bridgehead atoms. The lowest BCUT2D eigenvalue weighted by atomic mass is 9.68. The number of rotatable bonds is 3. The molecule has 0 spiro atoms. The highest BCUT2D eigenvalue weighted by Gasteiger charge is 2.31. The third-order valence-corrected chi connectivity index (χ3v) is 12.5. The summed E-state index contributed by atoms with van der Waals surface area (Å²) in [6, 6.07) is 18.9. The first-order valence-electron chi connectivity index (χ1n) is 18.4. The normalized spacial score (nSPS) is 27.2. The smallest absolute Gasteiger partial charge is 0.127 e. The summed E-state index contributed by atoms with van der Waals surface area (Å²) in [5, 5.41) is 0. The zero-order valence-corrected chi connectivity index (χ0v) is 27.0. The average Bonchev–Trinajstić information content (AvgIpc) is 3.17. The minimum atomic E-state index is 0.208. The lowest BCUT2D eigenvalue weighted by molar-refractivity contribution is 0.165. The summed E-state index contributed by atoms with van der Waals surface area (Å²) in [7, 11) is 0. The lowest BCUT2D eigenvalue weighted by Gasteiger charge is -2.37. The Morgan fingerprint density at radius 3 is 1.45 bits per heavy atom. The van der Waals surface area contributed by atoms with Crippen LogP contribution in [0.1, 0.15) is 129 Å². The quantitative estimate of drug-likeness (QED) is 0.303. The molecule has 3 aromatic carbocycles. The molecule has 2 saturated carbocycles. The van der Waals surface area contributed by atoms with Crippen LogP contribution in [0.3, 0.4) is 0 Å². The van der Waals surface area contributed by atoms with Gasteiger partial charge in [-0.1, -0.05) is 56.2 Å². The van der Waals surface area contributed by atoms with Gasteiger partial charge in [0.1, 0.15) is 11.5 Å². The first-order chi connectivity index (χ1) is 21.7. The van der Waals surface area contributed by atoms with E-state index in [1.165, 1.54) is 129 Å². The fourth-order valence-electron chi connectivity index (χ4n) is 9.74. The highest BCUT2D eigenvalue weighted by atomic mass is 16.5. The molecule has 0 atom stereocenters. The Labute approximate surface area is 266 Å². The number of hydrogen-bond donors (Lipinski definition) is 0. The molecule has 2 heteroatoms. The Morgan fingerprint density at radius 1 is 0.477 bits per heavy atom. The summed E-state index contributed by atoms with van der Waals surface area (Å²) >= 11 is 0. The predicted octanol–water partition coefficient (Wildman–Crippen LogP) is 10.8. The highest BCUT2D eigenvalue weighted by Crippen LogP contribution is 2.48. The van der Waals surface area contributed by atoms with Crippen molar-refractivity contribution in [2.75, 3.05) is 13.2 Å². The third kappa shape index (κ3) is 5.60. The second kappa shape index (κ2) is 12.6. The van der Waals surface area contributed by atoms with Crippen LogP contribution in [0.4, 0.5) is 0 Å². The first-order valence-corrected chi connectivity index (χ1v) is 18.4. The summed E-state index contributed by atoms with van der Waals surface area (Å²) in [6.07, 6.45) is 21.3. The average molecular weight is 589 g/mol. The third-order valence-electron chi connectivity index (χ3n) is 12.5. The van der Waals surface area contributed by atoms with Crippen LogP contribution >= 0.6 is 0 Å². The van der Waals surface area contributed by atoms with Crippen molar-refractivity contribution in [2.45, 2.75) is 121 Å². The fourth-order valence-corrected chi connectivity index (χ4v) is 9.74. The monoisotopic (exact) mass is 588 g/mol. The van der Waals surface area contributed by atoms with Crippen LogP contribution < -0.4 is 9.47 Å². The second-order valence-corrected chi connectivity index (χ2v) is 15.2. The molecule has 2 nitrogen and oxygen atoms in total. The van der Waals surface area contributed by atoms with Crippen molar-refractivity contribution in [3.63, 3.8) is 0 Å². The predicted molar refractivity (Wildman–Crippen MR) is 181 cm³/mol. The Bertz CT molecular complexity index is 1380. The van der Waals surface area contributed by atoms with E-state index in [1.807, 2.05) is 0 Å². The molecule has 0 aromatic heterocycles. The number of benzene rings is 3. The maximum absolute atomic E-state index is 6.83. The van der Waals surface area contributed by atoms with Gasteiger partial charge in [-0.25, -0.2) is 0 Å². The van der Waals surface area contributed by atoms with Gasteiger partial charge in [-0.05, 0) is 159 Å². The van der Waals surface area contributed by atoms with Crippen LogP contribution in [0.25, 0.3) is 11.1 Å². The van der Waals surface area contributed by atoms with Crippen molar-refractivity contribution in [2.24, 2.45) is 17.8 Å². The van der Waals surface area contributed by atoms with Crippen molar-refractivity contribution in [1.82, 2.24) is 0 Å². The summed E-state index contributed by atoms with van der Waals surface area (Å²) in [6.45, 7) is 3.77. The van der Waals surface area contributed by atoms with E-state index in [2.05, 4.69) is 55.5 Å². The number of aryl methyl sites for hydroxylation is 2. The largest absolute Gasteiger partial charge is 0.492 e. The molecule has 4 aliphatic carbocycles. The van der Waals surface area contributed by atoms with E-state index in [9.17, 15) is 0 Å². The van der Waals surface area contributed by atoms with Crippen LogP contribution in [0.5, 0.6) is 11.5 Å². The molecule has 3 aromatic rings. The van der Waals surface area contributed by atoms with Gasteiger partial charge >= 0.3 is 0 Å². The van der Waals surface area contributed by atoms with Crippen LogP contribution in [-0.4, -0.2) is 13.2 Å². The minimum absolute atomic E-state index is 0.208. The molecule has 5 aliphatic rings. The van der Waals surface area contributed by atoms with Gasteiger partial charge in [0.25, 0.3) is 0 Å². The maximum Gasteiger partial charge on any atom is 0.127 e. The van der Waals surface area contributed by atoms with Crippen molar-refractivity contribution in [1.29, 1.82) is 0 Å². The number of hydrogen-bond acceptors (Lipinski definition) is 2. The van der Waals surface area contributed by atoms with Gasteiger partial charge in [-0.15, -0.1) is 0 Å². The van der Waals surface area contributed by atoms with Crippen LogP contribution in [-0.2, 0) is 25.7 Å². The van der Waals surface area contributed by atoms with E-state index in [1.54, 1.807) is 5.56 Å². The van der Waals surface area contributed by atoms with Crippen LogP contribution in [0, 0.1) is 17.8 Å². The van der Waals surface area contributed by atoms with Crippen LogP contribution in [0.15, 0.2) is 48.5 Å². The summed E-state index contributed by atoms with van der Waals surface area (Å²) in [5.74, 6) is 6.02. The molecule has 44 heavy (non-hydrogen) atoms. The Morgan fingerprint density at radius 2 is 0.932 bits per heavy atom. The van der Waals surface area contributed by atoms with E-state index < -0.39 is 0 Å². The van der Waals surface area contributed by atoms with E-state index in [-0.39, 0.29) is 5.92 Å². The number of ether oxygens (including phenoxy) is 2. The van der Waals surface area contributed by atoms with E-state index in [4.69, 9.17) is 9.47 Å². The van der Waals surface area contributed by atoms with Gasteiger partial charge in [0.05, 0.1) is 19.1 Å². The van der Waals surface area contributed by atoms with Gasteiger partial charge in [-0.3, -0.25) is 0 Å². The standard InChI is InChI=1S/C42H52O2/c1-28-10-12-29(13-11-28)30-14-16-31(17-15-30)32-18-20-33(21-19-32)36-26-43-39-24-22-34-6-2-4-8-37(34)41(39)42-38-9-5-3-7-35(38)23-25-40(42)44-27-36/h18-25,28-31,36H,2-17,26-27H2,1H3. The molecule has 0 amide bonds. The van der Waals surface area contributed by atoms with Crippen molar-refractivity contribution >= 4 is 0 Å². The summed E-state index contributed by atoms with van der Waals surface area (Å²) in [5.41, 5.74) is 11.7. The minimum Gasteiger partial charge on any atom is -0.492 e. The van der Waals surface area contributed by atoms with E-state index in [0.717, 1.165) is 48.0 Å². The topological polar surface area (TPSA) is 18.5 Å². The zero-order chi connectivity index (χ0) is 29.5. The van der Waals surface area contributed by atoms with Crippen molar-refractivity contribution in [3.05, 3.63) is 81.9 Å². The second-order valence-electron chi connectivity index (χ2n) is 15.2. The zero-order valence-electron chi connectivity index (χ0n) is 27.0. The Kier molecular flexibility index (Phi) is 8.20. The van der Waals surface area contributed by atoms with Crippen molar-refractivity contribution in [3.8, 4) is 22.6 Å². The van der Waals surface area contributed by atoms with Crippen LogP contribution in [0.2, 0.25) is 0 Å². The van der Waals surface area contributed by atoms with Gasteiger partial charge in [0.15, 0.2) is 0 Å². The fraction of sp³-hybridized carbons (Fsp3) is 0.571. The Balaban J connectivity index is 1.03. The van der Waals surface area contributed by atoms with Crippen molar-refractivity contribution < 1.29 is 9.47 Å². The molecule has 0 N–H and O–H groups in total. The SMILES string of the molecule is CC1CCC(C2CCC(c3ccc(C4COc5ccc6c(c5-c5c(ccc7c5CCCC7)OC4)CCCC6)cc3)CC2)CC1. The van der Waals surface area contributed by atoms with Gasteiger partial charge in [0, 0.05) is 11.1 Å². The molecular weight excluding hydrogens is 536 g/mol. The summed E-state index contributed by atoms with van der Waals surface area (Å²) < 4.78 is 13.7. The summed E-state index contributed by atoms with van der Waals surface area (Å²) in [4.78, 5) is 0. The molecule has 0 unspecified atom stereocenters. The molecule has 2 fully saturated rings. The highest BCUT2D eigenvalue weighted by molar-refractivity contribution is 5.84. The molecule has 0 radical (unpaired) electrons. The molecule has 232 valence electrons. The van der Waals surface area contributed by atoms with E-state index in [0.29, 0.717) is 13.2 Å². The van der Waals surface area contributed by atoms with Gasteiger partial charge in [-0.2, -0.15) is 0 Å². The van der Waals surface area contributed by atoms with E-state index >= 15 is 0 Å². The van der Waals surface area contributed by atoms with Gasteiger partial charge < -0.3 is 9.47 Å². The van der Waals surface area contributed by atoms with Gasteiger partial charge in [0.2, 0.25) is 0 Å². The number of fused-ring (bicyclic) bond motifs is 7. The maximum atomic E-state index is 6.83. The molecule has 1 aliphatic heterocycles. The Hall–Kier alpha value is -2.74. The molecule has 0 saturated heterocycles. The first kappa shape index (κ1) is 28.7. The molecular formula is C42H52O2.